The van der Waals surface area contributed by atoms with E-state index < -0.39 is 0 Å². The summed E-state index contributed by atoms with van der Waals surface area (Å²) in [5.74, 6) is 0.755. The minimum Gasteiger partial charge on any atom is -0.489 e. The molecular formula is C19H21N5O3. The van der Waals surface area contributed by atoms with Crippen molar-refractivity contribution in [3.63, 3.8) is 0 Å². The second kappa shape index (κ2) is 7.86. The number of hydrogen-bond donors (Lipinski definition) is 0. The van der Waals surface area contributed by atoms with Crippen molar-refractivity contribution in [1.29, 1.82) is 0 Å². The zero-order chi connectivity index (χ0) is 19.4. The van der Waals surface area contributed by atoms with Crippen molar-refractivity contribution < 1.29 is 9.57 Å². The van der Waals surface area contributed by atoms with Gasteiger partial charge in [-0.3, -0.25) is 0 Å². The Morgan fingerprint density at radius 2 is 1.96 bits per heavy atom. The Hall–Kier alpha value is -3.42. The number of aromatic nitrogens is 4. The SMILES string of the molecule is CO/N=C(\C)c1ccc(OCc2ccccc2-n2nnn(C)c2=O)c(C)c1. The van der Waals surface area contributed by atoms with Gasteiger partial charge in [-0.1, -0.05) is 23.4 Å². The molecule has 0 saturated heterocycles. The van der Waals surface area contributed by atoms with Gasteiger partial charge in [0, 0.05) is 12.6 Å². The van der Waals surface area contributed by atoms with Crippen molar-refractivity contribution in [3.05, 3.63) is 69.6 Å². The molecule has 27 heavy (non-hydrogen) atoms. The fourth-order valence-electron chi connectivity index (χ4n) is 2.69. The molecule has 0 N–H and O–H groups in total. The van der Waals surface area contributed by atoms with Crippen LogP contribution < -0.4 is 10.4 Å². The first-order valence-corrected chi connectivity index (χ1v) is 8.40. The van der Waals surface area contributed by atoms with Gasteiger partial charge >= 0.3 is 5.69 Å². The van der Waals surface area contributed by atoms with Gasteiger partial charge < -0.3 is 9.57 Å². The summed E-state index contributed by atoms with van der Waals surface area (Å²) in [4.78, 5) is 17.0. The minimum absolute atomic E-state index is 0.296. The minimum atomic E-state index is -0.309. The van der Waals surface area contributed by atoms with Gasteiger partial charge in [-0.05, 0) is 59.7 Å². The Morgan fingerprint density at radius 3 is 2.63 bits per heavy atom. The molecule has 1 heterocycles. The van der Waals surface area contributed by atoms with Crippen LogP contribution in [0.4, 0.5) is 0 Å². The van der Waals surface area contributed by atoms with Crippen molar-refractivity contribution in [1.82, 2.24) is 19.8 Å². The highest BCUT2D eigenvalue weighted by molar-refractivity contribution is 5.98. The van der Waals surface area contributed by atoms with Crippen LogP contribution in [0, 0.1) is 6.92 Å². The summed E-state index contributed by atoms with van der Waals surface area (Å²) in [7, 11) is 3.08. The van der Waals surface area contributed by atoms with E-state index in [1.165, 1.54) is 16.5 Å². The largest absolute Gasteiger partial charge is 0.489 e. The van der Waals surface area contributed by atoms with E-state index in [1.54, 1.807) is 7.05 Å². The van der Waals surface area contributed by atoms with Crippen LogP contribution in [0.25, 0.3) is 5.69 Å². The van der Waals surface area contributed by atoms with Gasteiger partial charge in [-0.15, -0.1) is 0 Å². The number of tetrazole rings is 1. The highest BCUT2D eigenvalue weighted by atomic mass is 16.6. The van der Waals surface area contributed by atoms with E-state index in [9.17, 15) is 4.79 Å². The van der Waals surface area contributed by atoms with E-state index in [-0.39, 0.29) is 5.69 Å². The van der Waals surface area contributed by atoms with Gasteiger partial charge in [0.25, 0.3) is 0 Å². The lowest BCUT2D eigenvalue weighted by molar-refractivity contribution is 0.213. The standard InChI is InChI=1S/C19H21N5O3/c1-13-11-15(14(2)20-26-4)9-10-18(13)27-12-16-7-5-6-8-17(16)24-19(25)23(3)21-22-24/h5-11H,12H2,1-4H3/b20-14+. The third-order valence-electron chi connectivity index (χ3n) is 4.15. The normalized spacial score (nSPS) is 11.5. The molecule has 0 saturated carbocycles. The van der Waals surface area contributed by atoms with Gasteiger partial charge in [0.15, 0.2) is 0 Å². The summed E-state index contributed by atoms with van der Waals surface area (Å²) in [6.45, 7) is 4.15. The number of aryl methyl sites for hydroxylation is 2. The van der Waals surface area contributed by atoms with Crippen LogP contribution in [0.2, 0.25) is 0 Å². The zero-order valence-corrected chi connectivity index (χ0v) is 15.7. The molecule has 8 nitrogen and oxygen atoms in total. The molecule has 8 heteroatoms. The van der Waals surface area contributed by atoms with E-state index in [1.807, 2.05) is 56.3 Å². The Kier molecular flexibility index (Phi) is 5.35. The smallest absolute Gasteiger partial charge is 0.368 e. The summed E-state index contributed by atoms with van der Waals surface area (Å²) in [5, 5.41) is 11.6. The predicted molar refractivity (Wildman–Crippen MR) is 101 cm³/mol. The molecule has 0 amide bonds. The number of para-hydroxylation sites is 1. The van der Waals surface area contributed by atoms with Crippen LogP contribution in [0.1, 0.15) is 23.6 Å². The topological polar surface area (TPSA) is 83.5 Å². The maximum Gasteiger partial charge on any atom is 0.368 e. The summed E-state index contributed by atoms with van der Waals surface area (Å²) < 4.78 is 8.43. The molecule has 2 aromatic carbocycles. The van der Waals surface area contributed by atoms with Crippen LogP contribution in [0.3, 0.4) is 0 Å². The Morgan fingerprint density at radius 1 is 1.19 bits per heavy atom. The van der Waals surface area contributed by atoms with Crippen molar-refractivity contribution >= 4 is 5.71 Å². The summed E-state index contributed by atoms with van der Waals surface area (Å²) >= 11 is 0. The first-order valence-electron chi connectivity index (χ1n) is 8.40. The molecule has 0 spiro atoms. The van der Waals surface area contributed by atoms with Crippen LogP contribution in [0.15, 0.2) is 52.4 Å². The van der Waals surface area contributed by atoms with Crippen LogP contribution in [-0.2, 0) is 18.5 Å². The van der Waals surface area contributed by atoms with Gasteiger partial charge in [0.1, 0.15) is 19.5 Å². The molecule has 0 fully saturated rings. The van der Waals surface area contributed by atoms with Crippen molar-refractivity contribution in [2.24, 2.45) is 12.2 Å². The first kappa shape index (κ1) is 18.4. The molecule has 1 aromatic heterocycles. The second-order valence-electron chi connectivity index (χ2n) is 6.05. The Labute approximate surface area is 156 Å². The molecule has 0 aliphatic carbocycles. The molecule has 140 valence electrons. The third kappa shape index (κ3) is 3.89. The number of rotatable bonds is 6. The predicted octanol–water partition coefficient (Wildman–Crippen LogP) is 2.22. The monoisotopic (exact) mass is 367 g/mol. The number of ether oxygens (including phenoxy) is 1. The third-order valence-corrected chi connectivity index (χ3v) is 4.15. The van der Waals surface area contributed by atoms with E-state index in [4.69, 9.17) is 9.57 Å². The summed E-state index contributed by atoms with van der Waals surface area (Å²) in [5.41, 5.74) is 3.91. The van der Waals surface area contributed by atoms with Gasteiger partial charge in [-0.2, -0.15) is 9.36 Å². The van der Waals surface area contributed by atoms with Crippen LogP contribution >= 0.6 is 0 Å². The highest BCUT2D eigenvalue weighted by Gasteiger charge is 2.12. The fraction of sp³-hybridized carbons (Fsp3) is 0.263. The van der Waals surface area contributed by atoms with E-state index in [0.717, 1.165) is 28.2 Å². The first-order chi connectivity index (χ1) is 13.0. The van der Waals surface area contributed by atoms with Gasteiger partial charge in [0.05, 0.1) is 11.4 Å². The van der Waals surface area contributed by atoms with Crippen molar-refractivity contribution in [2.45, 2.75) is 20.5 Å². The molecule has 0 atom stereocenters. The van der Waals surface area contributed by atoms with Crippen molar-refractivity contribution in [2.75, 3.05) is 7.11 Å². The summed E-state index contributed by atoms with van der Waals surface area (Å²) in [6, 6.07) is 13.3. The van der Waals surface area contributed by atoms with Crippen LogP contribution in [-0.4, -0.2) is 32.6 Å². The molecule has 0 unspecified atom stereocenters. The average molecular weight is 367 g/mol. The Balaban J connectivity index is 1.83. The number of nitrogens with zero attached hydrogens (tertiary/aromatic N) is 5. The number of benzene rings is 2. The molecular weight excluding hydrogens is 346 g/mol. The molecule has 0 bridgehead atoms. The second-order valence-corrected chi connectivity index (χ2v) is 6.05. The number of hydrogen-bond acceptors (Lipinski definition) is 6. The highest BCUT2D eigenvalue weighted by Crippen LogP contribution is 2.22. The van der Waals surface area contributed by atoms with E-state index in [2.05, 4.69) is 15.6 Å². The van der Waals surface area contributed by atoms with Gasteiger partial charge in [-0.25, -0.2) is 4.79 Å². The lowest BCUT2D eigenvalue weighted by atomic mass is 10.1. The molecule has 0 radical (unpaired) electrons. The number of oxime groups is 1. The maximum absolute atomic E-state index is 12.1. The van der Waals surface area contributed by atoms with E-state index in [0.29, 0.717) is 12.3 Å². The average Bonchev–Trinajstić information content (AvgIpc) is 3.00. The fourth-order valence-corrected chi connectivity index (χ4v) is 2.69. The van der Waals surface area contributed by atoms with E-state index >= 15 is 0 Å². The lowest BCUT2D eigenvalue weighted by Crippen LogP contribution is -2.23. The van der Waals surface area contributed by atoms with Crippen LogP contribution in [0.5, 0.6) is 5.75 Å². The molecule has 0 aliphatic rings. The quantitative estimate of drug-likeness (QED) is 0.493. The zero-order valence-electron chi connectivity index (χ0n) is 15.7. The molecule has 3 aromatic rings. The lowest BCUT2D eigenvalue weighted by Gasteiger charge is -2.13. The van der Waals surface area contributed by atoms with Gasteiger partial charge in [0.2, 0.25) is 0 Å². The van der Waals surface area contributed by atoms with Crippen molar-refractivity contribution in [3.8, 4) is 11.4 Å². The Bertz CT molecular complexity index is 1040. The summed E-state index contributed by atoms with van der Waals surface area (Å²) in [6.07, 6.45) is 0. The maximum atomic E-state index is 12.1. The molecule has 3 rings (SSSR count). The molecule has 0 aliphatic heterocycles.